The van der Waals surface area contributed by atoms with E-state index >= 15 is 0 Å². The molecule has 7 heteroatoms. The third-order valence-electron chi connectivity index (χ3n) is 5.85. The molecule has 1 aliphatic carbocycles. The standard InChI is InChI=1S/C23H25N3O4/c1-30-18-10-8-16(9-11-18)12-14-24-20(27)15-26-21(28)23(25-22(26)29)13-4-6-17-5-2-3-7-19(17)23/h2-3,5,7-11H,4,6,12-15H2,1H3,(H,24,27)(H,25,29)/t23-/m1/s1. The minimum absolute atomic E-state index is 0.281. The van der Waals surface area contributed by atoms with E-state index < -0.39 is 11.6 Å². The molecule has 2 aromatic carbocycles. The van der Waals surface area contributed by atoms with E-state index in [1.807, 2.05) is 48.5 Å². The van der Waals surface area contributed by atoms with Gasteiger partial charge in [0.1, 0.15) is 17.8 Å². The van der Waals surface area contributed by atoms with Gasteiger partial charge < -0.3 is 15.4 Å². The summed E-state index contributed by atoms with van der Waals surface area (Å²) in [5, 5.41) is 5.66. The Labute approximate surface area is 175 Å². The molecule has 1 heterocycles. The maximum Gasteiger partial charge on any atom is 0.325 e. The Bertz CT molecular complexity index is 973. The predicted octanol–water partition coefficient (Wildman–Crippen LogP) is 2.14. The second-order valence-electron chi connectivity index (χ2n) is 7.69. The van der Waals surface area contributed by atoms with Gasteiger partial charge in [0, 0.05) is 6.54 Å². The normalized spacial score (nSPS) is 20.1. The molecule has 1 saturated heterocycles. The number of amides is 4. The number of imide groups is 1. The van der Waals surface area contributed by atoms with Crippen LogP contribution in [0.25, 0.3) is 0 Å². The van der Waals surface area contributed by atoms with Crippen LogP contribution in [0.2, 0.25) is 0 Å². The number of rotatable bonds is 6. The topological polar surface area (TPSA) is 87.7 Å². The van der Waals surface area contributed by atoms with E-state index in [0.29, 0.717) is 19.4 Å². The smallest absolute Gasteiger partial charge is 0.325 e. The van der Waals surface area contributed by atoms with Crippen LogP contribution in [-0.2, 0) is 28.0 Å². The van der Waals surface area contributed by atoms with Gasteiger partial charge in [-0.15, -0.1) is 0 Å². The Morgan fingerprint density at radius 3 is 2.70 bits per heavy atom. The molecule has 1 spiro atoms. The predicted molar refractivity (Wildman–Crippen MR) is 111 cm³/mol. The van der Waals surface area contributed by atoms with E-state index in [9.17, 15) is 14.4 Å². The van der Waals surface area contributed by atoms with Gasteiger partial charge in [0.05, 0.1) is 7.11 Å². The molecule has 0 unspecified atom stereocenters. The molecule has 7 nitrogen and oxygen atoms in total. The average Bonchev–Trinajstić information content (AvgIpc) is 2.99. The van der Waals surface area contributed by atoms with Crippen molar-refractivity contribution in [1.82, 2.24) is 15.5 Å². The number of carbonyl (C=O) groups is 3. The number of hydrogen-bond donors (Lipinski definition) is 2. The van der Waals surface area contributed by atoms with Gasteiger partial charge in [0.2, 0.25) is 5.91 Å². The van der Waals surface area contributed by atoms with Gasteiger partial charge in [-0.05, 0) is 54.5 Å². The lowest BCUT2D eigenvalue weighted by atomic mass is 9.76. The summed E-state index contributed by atoms with van der Waals surface area (Å²) < 4.78 is 5.13. The summed E-state index contributed by atoms with van der Waals surface area (Å²) in [6, 6.07) is 14.8. The van der Waals surface area contributed by atoms with Crippen LogP contribution in [0.5, 0.6) is 5.75 Å². The number of urea groups is 1. The lowest BCUT2D eigenvalue weighted by Crippen LogP contribution is -2.47. The quantitative estimate of drug-likeness (QED) is 0.719. The Morgan fingerprint density at radius 1 is 1.17 bits per heavy atom. The van der Waals surface area contributed by atoms with Crippen LogP contribution in [0.15, 0.2) is 48.5 Å². The van der Waals surface area contributed by atoms with Crippen LogP contribution in [-0.4, -0.2) is 42.9 Å². The van der Waals surface area contributed by atoms with Gasteiger partial charge in [-0.3, -0.25) is 14.5 Å². The first kappa shape index (κ1) is 19.9. The number of hydrogen-bond acceptors (Lipinski definition) is 4. The molecule has 30 heavy (non-hydrogen) atoms. The lowest BCUT2D eigenvalue weighted by Gasteiger charge is -2.33. The summed E-state index contributed by atoms with van der Waals surface area (Å²) in [4.78, 5) is 39.2. The fourth-order valence-corrected chi connectivity index (χ4v) is 4.29. The summed E-state index contributed by atoms with van der Waals surface area (Å²) in [6.45, 7) is 0.139. The fraction of sp³-hybridized carbons (Fsp3) is 0.348. The zero-order valence-electron chi connectivity index (χ0n) is 16.9. The van der Waals surface area contributed by atoms with E-state index in [0.717, 1.165) is 40.2 Å². The zero-order valence-corrected chi connectivity index (χ0v) is 16.9. The monoisotopic (exact) mass is 407 g/mol. The molecular formula is C23H25N3O4. The molecule has 1 aliphatic heterocycles. The number of aryl methyl sites for hydroxylation is 1. The SMILES string of the molecule is COc1ccc(CCNC(=O)CN2C(=O)N[C@@]3(CCCc4ccccc43)C2=O)cc1. The van der Waals surface area contributed by atoms with Crippen molar-refractivity contribution in [1.29, 1.82) is 0 Å². The van der Waals surface area contributed by atoms with Crippen molar-refractivity contribution in [2.45, 2.75) is 31.2 Å². The number of nitrogens with zero attached hydrogens (tertiary/aromatic N) is 1. The van der Waals surface area contributed by atoms with Crippen LogP contribution in [0.1, 0.15) is 29.5 Å². The molecule has 156 valence electrons. The highest BCUT2D eigenvalue weighted by molar-refractivity contribution is 6.09. The molecule has 2 aliphatic rings. The first-order chi connectivity index (χ1) is 14.5. The van der Waals surface area contributed by atoms with Gasteiger partial charge in [-0.2, -0.15) is 0 Å². The Kier molecular flexibility index (Phi) is 5.44. The van der Waals surface area contributed by atoms with Crippen LogP contribution in [0.4, 0.5) is 4.79 Å². The van der Waals surface area contributed by atoms with E-state index in [1.54, 1.807) is 7.11 Å². The molecule has 4 amide bonds. The third kappa shape index (κ3) is 3.63. The second kappa shape index (κ2) is 8.18. The highest BCUT2D eigenvalue weighted by Crippen LogP contribution is 2.39. The van der Waals surface area contributed by atoms with Gasteiger partial charge in [-0.25, -0.2) is 4.79 Å². The van der Waals surface area contributed by atoms with Crippen LogP contribution >= 0.6 is 0 Å². The number of benzene rings is 2. The number of fused-ring (bicyclic) bond motifs is 2. The van der Waals surface area contributed by atoms with Gasteiger partial charge in [0.15, 0.2) is 0 Å². The molecule has 4 rings (SSSR count). The zero-order chi connectivity index (χ0) is 21.1. The summed E-state index contributed by atoms with van der Waals surface area (Å²) in [5.74, 6) is 0.0812. The first-order valence-electron chi connectivity index (χ1n) is 10.2. The summed E-state index contributed by atoms with van der Waals surface area (Å²) in [5.41, 5.74) is 1.93. The second-order valence-corrected chi connectivity index (χ2v) is 7.69. The molecule has 2 aromatic rings. The van der Waals surface area contributed by atoms with E-state index in [2.05, 4.69) is 10.6 Å². The molecule has 0 saturated carbocycles. The maximum atomic E-state index is 13.2. The van der Waals surface area contributed by atoms with Gasteiger partial charge in [0.25, 0.3) is 5.91 Å². The molecule has 0 aromatic heterocycles. The molecule has 0 radical (unpaired) electrons. The fourth-order valence-electron chi connectivity index (χ4n) is 4.29. The van der Waals surface area contributed by atoms with Crippen molar-refractivity contribution in [3.8, 4) is 5.75 Å². The van der Waals surface area contributed by atoms with Crippen molar-refractivity contribution in [3.63, 3.8) is 0 Å². The van der Waals surface area contributed by atoms with Gasteiger partial charge >= 0.3 is 6.03 Å². The largest absolute Gasteiger partial charge is 0.497 e. The van der Waals surface area contributed by atoms with Gasteiger partial charge in [-0.1, -0.05) is 36.4 Å². The van der Waals surface area contributed by atoms with Crippen LogP contribution in [0.3, 0.4) is 0 Å². The summed E-state index contributed by atoms with van der Waals surface area (Å²) >= 11 is 0. The molecule has 2 N–H and O–H groups in total. The van der Waals surface area contributed by atoms with Crippen molar-refractivity contribution in [3.05, 3.63) is 65.2 Å². The summed E-state index contributed by atoms with van der Waals surface area (Å²) in [6.07, 6.45) is 2.88. The number of nitrogens with one attached hydrogen (secondary N) is 2. The molecule has 1 atom stereocenters. The maximum absolute atomic E-state index is 13.2. The molecule has 1 fully saturated rings. The first-order valence-corrected chi connectivity index (χ1v) is 10.2. The summed E-state index contributed by atoms with van der Waals surface area (Å²) in [7, 11) is 1.61. The van der Waals surface area contributed by atoms with Crippen molar-refractivity contribution < 1.29 is 19.1 Å². The van der Waals surface area contributed by atoms with Crippen molar-refractivity contribution in [2.24, 2.45) is 0 Å². The Balaban J connectivity index is 1.37. The Morgan fingerprint density at radius 2 is 1.93 bits per heavy atom. The average molecular weight is 407 g/mol. The number of ether oxygens (including phenoxy) is 1. The number of methoxy groups -OCH3 is 1. The minimum Gasteiger partial charge on any atom is -0.497 e. The van der Waals surface area contributed by atoms with E-state index in [1.165, 1.54) is 0 Å². The van der Waals surface area contributed by atoms with Crippen LogP contribution < -0.4 is 15.4 Å². The van der Waals surface area contributed by atoms with E-state index in [-0.39, 0.29) is 18.4 Å². The van der Waals surface area contributed by atoms with E-state index in [4.69, 9.17) is 4.74 Å². The molecule has 0 bridgehead atoms. The van der Waals surface area contributed by atoms with Crippen molar-refractivity contribution >= 4 is 17.8 Å². The number of carbonyl (C=O) groups excluding carboxylic acids is 3. The highest BCUT2D eigenvalue weighted by Gasteiger charge is 2.54. The van der Waals surface area contributed by atoms with Crippen molar-refractivity contribution in [2.75, 3.05) is 20.2 Å². The Hall–Kier alpha value is -3.35. The molecular weight excluding hydrogens is 382 g/mol. The highest BCUT2D eigenvalue weighted by atomic mass is 16.5. The van der Waals surface area contributed by atoms with Crippen LogP contribution in [0, 0.1) is 0 Å². The minimum atomic E-state index is -1.05. The lowest BCUT2D eigenvalue weighted by molar-refractivity contribution is -0.135. The third-order valence-corrected chi connectivity index (χ3v) is 5.85.